The van der Waals surface area contributed by atoms with Gasteiger partial charge in [0.15, 0.2) is 0 Å². The van der Waals surface area contributed by atoms with Crippen molar-refractivity contribution in [3.63, 3.8) is 0 Å². The van der Waals surface area contributed by atoms with Gasteiger partial charge in [0.1, 0.15) is 0 Å². The molecule has 0 saturated heterocycles. The molecule has 1 aliphatic heterocycles. The number of carboxylic acids is 1. The summed E-state index contributed by atoms with van der Waals surface area (Å²) in [5.74, 6) is -0.768. The predicted molar refractivity (Wildman–Crippen MR) is 87.6 cm³/mol. The van der Waals surface area contributed by atoms with Crippen LogP contribution in [0.2, 0.25) is 0 Å². The smallest absolute Gasteiger partial charge is 0.303 e. The van der Waals surface area contributed by atoms with E-state index in [2.05, 4.69) is 4.90 Å². The summed E-state index contributed by atoms with van der Waals surface area (Å²) in [6.07, 6.45) is 2.60. The van der Waals surface area contributed by atoms with E-state index in [0.29, 0.717) is 6.42 Å². The standard InChI is InChI=1S/C16H23NO5S/c1-16(2)11-17(9-5-3-4-6-15(18)19)14-8-7-12(10-13(14)16)23(20,21)22/h7-8,10H,3-6,9,11H2,1-2H3,(H,18,19)(H,20,21,22). The summed E-state index contributed by atoms with van der Waals surface area (Å²) < 4.78 is 31.8. The van der Waals surface area contributed by atoms with E-state index in [1.165, 1.54) is 6.07 Å². The Hall–Kier alpha value is -1.60. The Bertz CT molecular complexity index is 696. The van der Waals surface area contributed by atoms with Crippen molar-refractivity contribution in [2.45, 2.75) is 49.8 Å². The van der Waals surface area contributed by atoms with Gasteiger partial charge in [-0.1, -0.05) is 20.3 Å². The highest BCUT2D eigenvalue weighted by molar-refractivity contribution is 7.85. The van der Waals surface area contributed by atoms with E-state index in [1.807, 2.05) is 13.8 Å². The SMILES string of the molecule is CC1(C)CN(CCCCCC(=O)O)c2ccc(S(=O)(=O)O)cc21. The number of benzene rings is 1. The van der Waals surface area contributed by atoms with Crippen LogP contribution in [0.3, 0.4) is 0 Å². The van der Waals surface area contributed by atoms with Crippen LogP contribution in [0.5, 0.6) is 0 Å². The number of unbranched alkanes of at least 4 members (excludes halogenated alkanes) is 2. The minimum Gasteiger partial charge on any atom is -0.481 e. The van der Waals surface area contributed by atoms with Crippen LogP contribution in [0.1, 0.15) is 45.1 Å². The van der Waals surface area contributed by atoms with Crippen molar-refractivity contribution in [1.82, 2.24) is 0 Å². The Morgan fingerprint density at radius 2 is 1.96 bits per heavy atom. The van der Waals surface area contributed by atoms with Crippen molar-refractivity contribution in [3.8, 4) is 0 Å². The highest BCUT2D eigenvalue weighted by Gasteiger charge is 2.35. The van der Waals surface area contributed by atoms with Crippen LogP contribution >= 0.6 is 0 Å². The molecule has 0 spiro atoms. The first-order valence-electron chi connectivity index (χ1n) is 7.70. The molecule has 0 fully saturated rings. The number of anilines is 1. The van der Waals surface area contributed by atoms with Gasteiger partial charge < -0.3 is 10.0 Å². The number of aliphatic carboxylic acids is 1. The third kappa shape index (κ3) is 4.23. The third-order valence-electron chi connectivity index (χ3n) is 4.24. The molecule has 7 heteroatoms. The highest BCUT2D eigenvalue weighted by atomic mass is 32.2. The largest absolute Gasteiger partial charge is 0.481 e. The Balaban J connectivity index is 2.09. The summed E-state index contributed by atoms with van der Waals surface area (Å²) in [5.41, 5.74) is 1.70. The minimum atomic E-state index is -4.20. The highest BCUT2D eigenvalue weighted by Crippen LogP contribution is 2.41. The van der Waals surface area contributed by atoms with E-state index in [4.69, 9.17) is 5.11 Å². The predicted octanol–water partition coefficient (Wildman–Crippen LogP) is 2.68. The second kappa shape index (κ2) is 6.49. The lowest BCUT2D eigenvalue weighted by molar-refractivity contribution is -0.137. The van der Waals surface area contributed by atoms with Gasteiger partial charge in [-0.3, -0.25) is 9.35 Å². The molecule has 0 aliphatic carbocycles. The van der Waals surface area contributed by atoms with Crippen molar-refractivity contribution in [3.05, 3.63) is 23.8 Å². The fraction of sp³-hybridized carbons (Fsp3) is 0.562. The van der Waals surface area contributed by atoms with Gasteiger partial charge in [-0.25, -0.2) is 0 Å². The first-order chi connectivity index (χ1) is 10.6. The molecule has 0 atom stereocenters. The molecule has 1 aromatic carbocycles. The van der Waals surface area contributed by atoms with Crippen LogP contribution < -0.4 is 4.90 Å². The normalized spacial score (nSPS) is 16.4. The molecule has 0 unspecified atom stereocenters. The number of nitrogens with zero attached hydrogens (tertiary/aromatic N) is 1. The molecule has 2 N–H and O–H groups in total. The number of hydrogen-bond donors (Lipinski definition) is 2. The maximum atomic E-state index is 11.3. The van der Waals surface area contributed by atoms with E-state index in [-0.39, 0.29) is 16.7 Å². The lowest BCUT2D eigenvalue weighted by Gasteiger charge is -2.22. The van der Waals surface area contributed by atoms with Gasteiger partial charge in [-0.2, -0.15) is 8.42 Å². The maximum absolute atomic E-state index is 11.3. The molecule has 1 aliphatic rings. The lowest BCUT2D eigenvalue weighted by atomic mass is 9.87. The molecule has 1 heterocycles. The molecule has 0 bridgehead atoms. The quantitative estimate of drug-likeness (QED) is 0.585. The Morgan fingerprint density at radius 3 is 2.57 bits per heavy atom. The molecular formula is C16H23NO5S. The summed E-state index contributed by atoms with van der Waals surface area (Å²) in [5, 5.41) is 8.63. The minimum absolute atomic E-state index is 0.0763. The molecule has 23 heavy (non-hydrogen) atoms. The average Bonchev–Trinajstić information content (AvgIpc) is 2.68. The Morgan fingerprint density at radius 1 is 1.26 bits per heavy atom. The molecule has 6 nitrogen and oxygen atoms in total. The van der Waals surface area contributed by atoms with Crippen LogP contribution in [0, 0.1) is 0 Å². The van der Waals surface area contributed by atoms with Crippen LogP contribution in [0.25, 0.3) is 0 Å². The van der Waals surface area contributed by atoms with E-state index in [0.717, 1.165) is 37.2 Å². The van der Waals surface area contributed by atoms with E-state index < -0.39 is 16.1 Å². The van der Waals surface area contributed by atoms with Crippen LogP contribution in [0.15, 0.2) is 23.1 Å². The second-order valence-corrected chi connectivity index (χ2v) is 8.09. The van der Waals surface area contributed by atoms with Crippen LogP contribution in [-0.4, -0.2) is 37.1 Å². The molecule has 1 aromatic rings. The summed E-state index contributed by atoms with van der Waals surface area (Å²) in [7, 11) is -4.20. The van der Waals surface area contributed by atoms with Crippen molar-refractivity contribution >= 4 is 21.8 Å². The van der Waals surface area contributed by atoms with Gasteiger partial charge in [0, 0.05) is 30.6 Å². The van der Waals surface area contributed by atoms with E-state index in [1.54, 1.807) is 12.1 Å². The van der Waals surface area contributed by atoms with Gasteiger partial charge in [0.05, 0.1) is 4.90 Å². The Labute approximate surface area is 136 Å². The molecular weight excluding hydrogens is 318 g/mol. The molecule has 0 aromatic heterocycles. The van der Waals surface area contributed by atoms with E-state index in [9.17, 15) is 17.8 Å². The molecule has 2 rings (SSSR count). The zero-order valence-corrected chi connectivity index (χ0v) is 14.3. The first kappa shape index (κ1) is 17.7. The monoisotopic (exact) mass is 341 g/mol. The maximum Gasteiger partial charge on any atom is 0.303 e. The van der Waals surface area contributed by atoms with E-state index >= 15 is 0 Å². The summed E-state index contributed by atoms with van der Waals surface area (Å²) in [6.45, 7) is 5.67. The fourth-order valence-corrected chi connectivity index (χ4v) is 3.60. The van der Waals surface area contributed by atoms with Crippen molar-refractivity contribution in [2.24, 2.45) is 0 Å². The Kier molecular flexibility index (Phi) is 5.01. The van der Waals surface area contributed by atoms with Gasteiger partial charge in [-0.05, 0) is 36.6 Å². The zero-order chi connectivity index (χ0) is 17.3. The summed E-state index contributed by atoms with van der Waals surface area (Å²) >= 11 is 0. The van der Waals surface area contributed by atoms with Crippen LogP contribution in [-0.2, 0) is 20.3 Å². The van der Waals surface area contributed by atoms with Gasteiger partial charge in [-0.15, -0.1) is 0 Å². The van der Waals surface area contributed by atoms with Gasteiger partial charge in [0.25, 0.3) is 10.1 Å². The number of fused-ring (bicyclic) bond motifs is 1. The molecule has 128 valence electrons. The fourth-order valence-electron chi connectivity index (χ4n) is 3.10. The summed E-state index contributed by atoms with van der Waals surface area (Å²) in [6, 6.07) is 4.71. The first-order valence-corrected chi connectivity index (χ1v) is 9.14. The zero-order valence-electron chi connectivity index (χ0n) is 13.4. The average molecular weight is 341 g/mol. The van der Waals surface area contributed by atoms with Crippen LogP contribution in [0.4, 0.5) is 5.69 Å². The topological polar surface area (TPSA) is 94.9 Å². The summed E-state index contributed by atoms with van der Waals surface area (Å²) in [4.78, 5) is 12.6. The molecule has 0 amide bonds. The molecule has 0 radical (unpaired) electrons. The van der Waals surface area contributed by atoms with Crippen molar-refractivity contribution in [2.75, 3.05) is 18.0 Å². The number of carbonyl (C=O) groups is 1. The van der Waals surface area contributed by atoms with Crippen molar-refractivity contribution in [1.29, 1.82) is 0 Å². The van der Waals surface area contributed by atoms with Gasteiger partial charge >= 0.3 is 5.97 Å². The van der Waals surface area contributed by atoms with Gasteiger partial charge in [0.2, 0.25) is 0 Å². The number of rotatable bonds is 7. The number of carboxylic acid groups (broad SMARTS) is 1. The number of hydrogen-bond acceptors (Lipinski definition) is 4. The lowest BCUT2D eigenvalue weighted by Crippen LogP contribution is -2.29. The van der Waals surface area contributed by atoms with Crippen molar-refractivity contribution < 1.29 is 22.9 Å². The molecule has 0 saturated carbocycles. The third-order valence-corrected chi connectivity index (χ3v) is 5.09. The second-order valence-electron chi connectivity index (χ2n) is 6.66.